The van der Waals surface area contributed by atoms with Gasteiger partial charge in [0, 0.05) is 7.05 Å². The normalized spacial score (nSPS) is 13.6. The van der Waals surface area contributed by atoms with Gasteiger partial charge in [0.1, 0.15) is 18.2 Å². The number of nitrogens with one attached hydrogen (secondary N) is 1. The molecule has 1 aromatic heterocycles. The summed E-state index contributed by atoms with van der Waals surface area (Å²) in [7, 11) is 3.77. The summed E-state index contributed by atoms with van der Waals surface area (Å²) in [5.41, 5.74) is 0.832. The first-order valence-electron chi connectivity index (χ1n) is 7.38. The summed E-state index contributed by atoms with van der Waals surface area (Å²) < 4.78 is 7.49. The molecule has 8 heteroatoms. The van der Waals surface area contributed by atoms with Gasteiger partial charge >= 0.3 is 0 Å². The lowest BCUT2D eigenvalue weighted by Gasteiger charge is -2.29. The van der Waals surface area contributed by atoms with Gasteiger partial charge in [0.2, 0.25) is 5.91 Å². The highest BCUT2D eigenvalue weighted by Gasteiger charge is 2.23. The fourth-order valence-electron chi connectivity index (χ4n) is 2.42. The predicted molar refractivity (Wildman–Crippen MR) is 88.8 cm³/mol. The van der Waals surface area contributed by atoms with Crippen molar-refractivity contribution in [3.05, 3.63) is 30.1 Å². The Labute approximate surface area is 139 Å². The fourth-order valence-corrected chi connectivity index (χ4v) is 3.22. The molecular weight excluding hydrogens is 314 g/mol. The molecular formula is C15H19N5O2S. The zero-order chi connectivity index (χ0) is 16.2. The van der Waals surface area contributed by atoms with E-state index < -0.39 is 0 Å². The number of anilines is 1. The maximum Gasteiger partial charge on any atom is 0.237 e. The minimum Gasteiger partial charge on any atom is -0.490 e. The van der Waals surface area contributed by atoms with Crippen molar-refractivity contribution in [3.8, 4) is 5.75 Å². The molecule has 2 heterocycles. The Balaban J connectivity index is 1.67. The van der Waals surface area contributed by atoms with E-state index in [1.807, 2.05) is 42.9 Å². The molecule has 1 N–H and O–H groups in total. The van der Waals surface area contributed by atoms with Crippen LogP contribution in [0.5, 0.6) is 5.75 Å². The van der Waals surface area contributed by atoms with Crippen molar-refractivity contribution in [1.82, 2.24) is 20.1 Å². The van der Waals surface area contributed by atoms with Gasteiger partial charge < -0.3 is 19.5 Å². The Morgan fingerprint density at radius 2 is 2.22 bits per heavy atom. The van der Waals surface area contributed by atoms with Crippen molar-refractivity contribution in [2.75, 3.05) is 30.9 Å². The van der Waals surface area contributed by atoms with Gasteiger partial charge in [-0.1, -0.05) is 23.9 Å². The molecule has 0 spiro atoms. The monoisotopic (exact) mass is 333 g/mol. The number of hydrogen-bond acceptors (Lipinski definition) is 6. The molecule has 0 atom stereocenters. The van der Waals surface area contributed by atoms with Crippen molar-refractivity contribution < 1.29 is 9.53 Å². The molecule has 3 rings (SSSR count). The summed E-state index contributed by atoms with van der Waals surface area (Å²) in [4.78, 5) is 14.3. The van der Waals surface area contributed by atoms with E-state index in [4.69, 9.17) is 4.74 Å². The van der Waals surface area contributed by atoms with Gasteiger partial charge in [-0.2, -0.15) is 0 Å². The number of carbonyl (C=O) groups excluding carboxylic acids is 1. The zero-order valence-corrected chi connectivity index (χ0v) is 14.0. The third kappa shape index (κ3) is 3.32. The first-order chi connectivity index (χ1) is 11.2. The van der Waals surface area contributed by atoms with E-state index in [0.717, 1.165) is 22.4 Å². The van der Waals surface area contributed by atoms with Crippen molar-refractivity contribution in [2.45, 2.75) is 11.7 Å². The Morgan fingerprint density at radius 3 is 3.04 bits per heavy atom. The van der Waals surface area contributed by atoms with Crippen LogP contribution < -0.4 is 15.0 Å². The molecule has 1 aliphatic rings. The Kier molecular flexibility index (Phi) is 4.82. The van der Waals surface area contributed by atoms with Crippen molar-refractivity contribution in [2.24, 2.45) is 7.05 Å². The van der Waals surface area contributed by atoms with E-state index in [1.165, 1.54) is 11.8 Å². The molecule has 1 amide bonds. The number of rotatable bonds is 5. The molecule has 0 saturated heterocycles. The van der Waals surface area contributed by atoms with Crippen LogP contribution >= 0.6 is 11.8 Å². The van der Waals surface area contributed by atoms with Crippen LogP contribution in [-0.2, 0) is 18.4 Å². The van der Waals surface area contributed by atoms with E-state index in [9.17, 15) is 4.79 Å². The standard InChI is InChI=1S/C15H19N5O2S/c1-16-9-13-17-18-15(19(13)2)23-10-14(21)20-7-8-22-12-6-4-3-5-11(12)20/h3-6,16H,7-10H2,1-2H3. The topological polar surface area (TPSA) is 72.3 Å². The molecule has 122 valence electrons. The number of benzene rings is 1. The smallest absolute Gasteiger partial charge is 0.237 e. The summed E-state index contributed by atoms with van der Waals surface area (Å²) in [6, 6.07) is 7.61. The van der Waals surface area contributed by atoms with Crippen LogP contribution in [0, 0.1) is 0 Å². The lowest BCUT2D eigenvalue weighted by molar-refractivity contribution is -0.116. The fraction of sp³-hybridized carbons (Fsp3) is 0.400. The third-order valence-electron chi connectivity index (χ3n) is 3.61. The molecule has 1 aromatic carbocycles. The van der Waals surface area contributed by atoms with E-state index in [1.54, 1.807) is 4.90 Å². The molecule has 2 aromatic rings. The summed E-state index contributed by atoms with van der Waals surface area (Å²) in [5.74, 6) is 1.97. The second-order valence-corrected chi connectivity index (χ2v) is 6.08. The quantitative estimate of drug-likeness (QED) is 0.825. The molecule has 7 nitrogen and oxygen atoms in total. The van der Waals surface area contributed by atoms with Crippen LogP contribution in [0.25, 0.3) is 0 Å². The molecule has 0 saturated carbocycles. The average Bonchev–Trinajstić information content (AvgIpc) is 2.93. The molecule has 23 heavy (non-hydrogen) atoms. The first kappa shape index (κ1) is 15.8. The lowest BCUT2D eigenvalue weighted by atomic mass is 10.2. The van der Waals surface area contributed by atoms with Crippen LogP contribution in [0.2, 0.25) is 0 Å². The van der Waals surface area contributed by atoms with Gasteiger partial charge in [-0.3, -0.25) is 4.79 Å². The minimum atomic E-state index is 0.0453. The van der Waals surface area contributed by atoms with Crippen molar-refractivity contribution >= 4 is 23.4 Å². The van der Waals surface area contributed by atoms with Crippen molar-refractivity contribution in [1.29, 1.82) is 0 Å². The second kappa shape index (κ2) is 7.01. The predicted octanol–water partition coefficient (Wildman–Crippen LogP) is 1.05. The molecule has 0 bridgehead atoms. The van der Waals surface area contributed by atoms with Crippen molar-refractivity contribution in [3.63, 3.8) is 0 Å². The Bertz CT molecular complexity index is 703. The maximum atomic E-state index is 12.6. The summed E-state index contributed by atoms with van der Waals surface area (Å²) >= 11 is 1.40. The Morgan fingerprint density at radius 1 is 1.39 bits per heavy atom. The van der Waals surface area contributed by atoms with E-state index >= 15 is 0 Å². The summed E-state index contributed by atoms with van der Waals surface area (Å²) in [5, 5.41) is 12.0. The highest BCUT2D eigenvalue weighted by molar-refractivity contribution is 7.99. The number of carbonyl (C=O) groups is 1. The average molecular weight is 333 g/mol. The number of aromatic nitrogens is 3. The van der Waals surface area contributed by atoms with Gasteiger partial charge in [0.15, 0.2) is 5.16 Å². The van der Waals surface area contributed by atoms with E-state index in [0.29, 0.717) is 25.4 Å². The summed E-state index contributed by atoms with van der Waals surface area (Å²) in [6.45, 7) is 1.73. The van der Waals surface area contributed by atoms with Gasteiger partial charge in [0.25, 0.3) is 0 Å². The number of thioether (sulfide) groups is 1. The molecule has 0 fully saturated rings. The van der Waals surface area contributed by atoms with Crippen LogP contribution in [-0.4, -0.2) is 46.6 Å². The molecule has 0 aliphatic carbocycles. The molecule has 0 unspecified atom stereocenters. The number of fused-ring (bicyclic) bond motifs is 1. The van der Waals surface area contributed by atoms with Crippen LogP contribution in [0.3, 0.4) is 0 Å². The zero-order valence-electron chi connectivity index (χ0n) is 13.2. The minimum absolute atomic E-state index is 0.0453. The summed E-state index contributed by atoms with van der Waals surface area (Å²) in [6.07, 6.45) is 0. The first-order valence-corrected chi connectivity index (χ1v) is 8.37. The molecule has 0 radical (unpaired) electrons. The van der Waals surface area contributed by atoms with Gasteiger partial charge in [-0.15, -0.1) is 10.2 Å². The van der Waals surface area contributed by atoms with Crippen LogP contribution in [0.1, 0.15) is 5.82 Å². The third-order valence-corrected chi connectivity index (χ3v) is 4.62. The number of ether oxygens (including phenoxy) is 1. The lowest BCUT2D eigenvalue weighted by Crippen LogP contribution is -2.39. The number of para-hydroxylation sites is 2. The SMILES string of the molecule is CNCc1nnc(SCC(=O)N2CCOc3ccccc32)n1C. The van der Waals surface area contributed by atoms with E-state index in [2.05, 4.69) is 15.5 Å². The van der Waals surface area contributed by atoms with Gasteiger partial charge in [0.05, 0.1) is 24.5 Å². The molecule has 1 aliphatic heterocycles. The highest BCUT2D eigenvalue weighted by atomic mass is 32.2. The largest absolute Gasteiger partial charge is 0.490 e. The number of nitrogens with zero attached hydrogens (tertiary/aromatic N) is 4. The van der Waals surface area contributed by atoms with Crippen LogP contribution in [0.4, 0.5) is 5.69 Å². The van der Waals surface area contributed by atoms with Gasteiger partial charge in [-0.25, -0.2) is 0 Å². The number of amides is 1. The number of hydrogen-bond donors (Lipinski definition) is 1. The maximum absolute atomic E-state index is 12.6. The van der Waals surface area contributed by atoms with E-state index in [-0.39, 0.29) is 5.91 Å². The second-order valence-electron chi connectivity index (χ2n) is 5.14. The van der Waals surface area contributed by atoms with Gasteiger partial charge in [-0.05, 0) is 19.2 Å². The Hall–Kier alpha value is -2.06. The highest BCUT2D eigenvalue weighted by Crippen LogP contribution is 2.31. The van der Waals surface area contributed by atoms with Crippen LogP contribution in [0.15, 0.2) is 29.4 Å².